The van der Waals surface area contributed by atoms with Crippen LogP contribution in [0.1, 0.15) is 17.3 Å². The highest BCUT2D eigenvalue weighted by Crippen LogP contribution is 2.11. The van der Waals surface area contributed by atoms with Crippen LogP contribution in [-0.4, -0.2) is 43.1 Å². The molecule has 19 heavy (non-hydrogen) atoms. The molecule has 0 aliphatic carbocycles. The highest BCUT2D eigenvalue weighted by atomic mass is 16.5. The second kappa shape index (κ2) is 6.31. The quantitative estimate of drug-likeness (QED) is 0.805. The highest BCUT2D eigenvalue weighted by molar-refractivity contribution is 5.96. The number of carbonyl (C=O) groups excluding carboxylic acids is 2. The van der Waals surface area contributed by atoms with E-state index in [0.717, 1.165) is 0 Å². The number of ether oxygens (including phenoxy) is 1. The van der Waals surface area contributed by atoms with E-state index < -0.39 is 0 Å². The Balaban J connectivity index is 1.90. The zero-order valence-electron chi connectivity index (χ0n) is 10.8. The first-order valence-corrected chi connectivity index (χ1v) is 6.16. The summed E-state index contributed by atoms with van der Waals surface area (Å²) in [6, 6.07) is 6.53. The Labute approximate surface area is 111 Å². The molecule has 1 aromatic carbocycles. The SMILES string of the molecule is CC(=O)c1cccc(NC(=O)NN2CCOCC2)c1. The van der Waals surface area contributed by atoms with Gasteiger partial charge in [-0.3, -0.25) is 10.2 Å². The third-order valence-electron chi connectivity index (χ3n) is 2.80. The molecule has 0 aromatic heterocycles. The van der Waals surface area contributed by atoms with E-state index >= 15 is 0 Å². The number of benzene rings is 1. The van der Waals surface area contributed by atoms with Crippen molar-refractivity contribution in [3.63, 3.8) is 0 Å². The standard InChI is InChI=1S/C13H17N3O3/c1-10(17)11-3-2-4-12(9-11)14-13(18)15-16-5-7-19-8-6-16/h2-4,9H,5-8H2,1H3,(H2,14,15,18). The first kappa shape index (κ1) is 13.5. The van der Waals surface area contributed by atoms with Crippen molar-refractivity contribution < 1.29 is 14.3 Å². The Morgan fingerprint density at radius 3 is 2.68 bits per heavy atom. The number of ketones is 1. The van der Waals surface area contributed by atoms with Crippen LogP contribution in [0.15, 0.2) is 24.3 Å². The largest absolute Gasteiger partial charge is 0.379 e. The van der Waals surface area contributed by atoms with Gasteiger partial charge in [-0.25, -0.2) is 9.80 Å². The maximum Gasteiger partial charge on any atom is 0.333 e. The lowest BCUT2D eigenvalue weighted by Gasteiger charge is -2.26. The second-order valence-electron chi connectivity index (χ2n) is 4.30. The summed E-state index contributed by atoms with van der Waals surface area (Å²) in [6.45, 7) is 4.05. The van der Waals surface area contributed by atoms with Crippen molar-refractivity contribution in [3.05, 3.63) is 29.8 Å². The lowest BCUT2D eigenvalue weighted by atomic mass is 10.1. The third kappa shape index (κ3) is 4.04. The highest BCUT2D eigenvalue weighted by Gasteiger charge is 2.13. The first-order chi connectivity index (χ1) is 9.15. The van der Waals surface area contributed by atoms with Gasteiger partial charge in [-0.15, -0.1) is 0 Å². The minimum absolute atomic E-state index is 0.0303. The Bertz CT molecular complexity index is 470. The van der Waals surface area contributed by atoms with Gasteiger partial charge in [0, 0.05) is 24.3 Å². The van der Waals surface area contributed by atoms with Gasteiger partial charge in [0.15, 0.2) is 5.78 Å². The fourth-order valence-electron chi connectivity index (χ4n) is 1.79. The zero-order valence-corrected chi connectivity index (χ0v) is 10.8. The molecule has 0 bridgehead atoms. The maximum absolute atomic E-state index is 11.8. The van der Waals surface area contributed by atoms with Gasteiger partial charge in [0.05, 0.1) is 13.2 Å². The van der Waals surface area contributed by atoms with E-state index in [1.54, 1.807) is 29.3 Å². The van der Waals surface area contributed by atoms with Crippen LogP contribution in [0.5, 0.6) is 0 Å². The summed E-state index contributed by atoms with van der Waals surface area (Å²) in [5, 5.41) is 4.50. The Hall–Kier alpha value is -1.92. The van der Waals surface area contributed by atoms with Gasteiger partial charge < -0.3 is 10.1 Å². The van der Waals surface area contributed by atoms with Gasteiger partial charge in [0.1, 0.15) is 0 Å². The zero-order chi connectivity index (χ0) is 13.7. The van der Waals surface area contributed by atoms with Crippen molar-refractivity contribution >= 4 is 17.5 Å². The molecule has 102 valence electrons. The number of carbonyl (C=O) groups is 2. The second-order valence-corrected chi connectivity index (χ2v) is 4.30. The van der Waals surface area contributed by atoms with E-state index in [9.17, 15) is 9.59 Å². The molecular formula is C13H17N3O3. The van der Waals surface area contributed by atoms with Crippen LogP contribution in [0.3, 0.4) is 0 Å². The summed E-state index contributed by atoms with van der Waals surface area (Å²) in [5.41, 5.74) is 3.90. The third-order valence-corrected chi connectivity index (χ3v) is 2.80. The van der Waals surface area contributed by atoms with Crippen LogP contribution in [0.2, 0.25) is 0 Å². The number of hydrogen-bond donors (Lipinski definition) is 2. The summed E-state index contributed by atoms with van der Waals surface area (Å²) in [4.78, 5) is 23.0. The topological polar surface area (TPSA) is 70.7 Å². The molecule has 1 fully saturated rings. The van der Waals surface area contributed by atoms with E-state index in [4.69, 9.17) is 4.74 Å². The van der Waals surface area contributed by atoms with E-state index in [2.05, 4.69) is 10.7 Å². The Morgan fingerprint density at radius 2 is 2.00 bits per heavy atom. The molecule has 6 heteroatoms. The van der Waals surface area contributed by atoms with Crippen LogP contribution in [0, 0.1) is 0 Å². The number of rotatable bonds is 3. The van der Waals surface area contributed by atoms with Gasteiger partial charge in [-0.05, 0) is 19.1 Å². The molecule has 6 nitrogen and oxygen atoms in total. The van der Waals surface area contributed by atoms with Crippen molar-refractivity contribution in [2.45, 2.75) is 6.92 Å². The van der Waals surface area contributed by atoms with Gasteiger partial charge in [-0.1, -0.05) is 12.1 Å². The molecule has 0 atom stereocenters. The maximum atomic E-state index is 11.8. The number of urea groups is 1. The van der Waals surface area contributed by atoms with Crippen LogP contribution in [-0.2, 0) is 4.74 Å². The van der Waals surface area contributed by atoms with E-state index in [-0.39, 0.29) is 11.8 Å². The summed E-state index contributed by atoms with van der Waals surface area (Å²) in [6.07, 6.45) is 0. The van der Waals surface area contributed by atoms with Crippen LogP contribution in [0.4, 0.5) is 10.5 Å². The fraction of sp³-hybridized carbons (Fsp3) is 0.385. The molecule has 1 aliphatic heterocycles. The molecular weight excluding hydrogens is 246 g/mol. The molecule has 0 saturated carbocycles. The number of morpholine rings is 1. The first-order valence-electron chi connectivity index (χ1n) is 6.16. The number of nitrogens with zero attached hydrogens (tertiary/aromatic N) is 1. The van der Waals surface area contributed by atoms with Gasteiger partial charge >= 0.3 is 6.03 Å². The average molecular weight is 263 g/mol. The molecule has 2 amide bonds. The predicted octanol–water partition coefficient (Wildman–Crippen LogP) is 1.26. The molecule has 2 N–H and O–H groups in total. The molecule has 1 aromatic rings. The minimum atomic E-state index is -0.317. The number of Topliss-reactive ketones (excluding diaryl/α,β-unsaturated/α-hetero) is 1. The normalized spacial score (nSPS) is 15.8. The minimum Gasteiger partial charge on any atom is -0.379 e. The summed E-state index contributed by atoms with van der Waals surface area (Å²) < 4.78 is 5.19. The number of nitrogens with one attached hydrogen (secondary N) is 2. The molecule has 1 aliphatic rings. The smallest absolute Gasteiger partial charge is 0.333 e. The summed E-state index contributed by atoms with van der Waals surface area (Å²) in [7, 11) is 0. The monoisotopic (exact) mass is 263 g/mol. The molecule has 0 unspecified atom stereocenters. The average Bonchev–Trinajstić information content (AvgIpc) is 2.40. The summed E-state index contributed by atoms with van der Waals surface area (Å²) >= 11 is 0. The summed E-state index contributed by atoms with van der Waals surface area (Å²) in [5.74, 6) is -0.0303. The van der Waals surface area contributed by atoms with Gasteiger partial charge in [0.2, 0.25) is 0 Å². The Morgan fingerprint density at radius 1 is 1.26 bits per heavy atom. The van der Waals surface area contributed by atoms with Crippen LogP contribution in [0.25, 0.3) is 0 Å². The molecule has 1 heterocycles. The van der Waals surface area contributed by atoms with E-state index in [0.29, 0.717) is 37.6 Å². The number of hydrogen-bond acceptors (Lipinski definition) is 4. The van der Waals surface area contributed by atoms with Crippen molar-refractivity contribution in [3.8, 4) is 0 Å². The van der Waals surface area contributed by atoms with Crippen LogP contribution < -0.4 is 10.7 Å². The number of amides is 2. The van der Waals surface area contributed by atoms with Crippen molar-refractivity contribution in [1.29, 1.82) is 0 Å². The molecule has 0 spiro atoms. The molecule has 0 radical (unpaired) electrons. The fourth-order valence-corrected chi connectivity index (χ4v) is 1.79. The molecule has 1 saturated heterocycles. The van der Waals surface area contributed by atoms with E-state index in [1.165, 1.54) is 6.92 Å². The van der Waals surface area contributed by atoms with Gasteiger partial charge in [-0.2, -0.15) is 0 Å². The number of anilines is 1. The van der Waals surface area contributed by atoms with Crippen LogP contribution >= 0.6 is 0 Å². The van der Waals surface area contributed by atoms with Crippen molar-refractivity contribution in [2.24, 2.45) is 0 Å². The number of hydrazine groups is 1. The predicted molar refractivity (Wildman–Crippen MR) is 71.0 cm³/mol. The van der Waals surface area contributed by atoms with E-state index in [1.807, 2.05) is 0 Å². The molecule has 2 rings (SSSR count). The van der Waals surface area contributed by atoms with Crippen molar-refractivity contribution in [2.75, 3.05) is 31.6 Å². The van der Waals surface area contributed by atoms with Gasteiger partial charge in [0.25, 0.3) is 0 Å². The Kier molecular flexibility index (Phi) is 4.48. The lowest BCUT2D eigenvalue weighted by molar-refractivity contribution is 0.0207. The van der Waals surface area contributed by atoms with Crippen molar-refractivity contribution in [1.82, 2.24) is 10.4 Å². The lowest BCUT2D eigenvalue weighted by Crippen LogP contribution is -2.49.